The highest BCUT2D eigenvalue weighted by Gasteiger charge is 2.31. The molecule has 0 amide bonds. The summed E-state index contributed by atoms with van der Waals surface area (Å²) < 4.78 is 27.6. The van der Waals surface area contributed by atoms with E-state index >= 15 is 0 Å². The van der Waals surface area contributed by atoms with Gasteiger partial charge in [-0.1, -0.05) is 0 Å². The van der Waals surface area contributed by atoms with Crippen LogP contribution in [-0.4, -0.2) is 22.3 Å². The predicted octanol–water partition coefficient (Wildman–Crippen LogP) is 2.69. The zero-order valence-electron chi connectivity index (χ0n) is 12.4. The van der Waals surface area contributed by atoms with Crippen LogP contribution < -0.4 is 11.5 Å². The molecule has 0 bridgehead atoms. The number of nitrogens with zero attached hydrogens (tertiary/aromatic N) is 2. The highest BCUT2D eigenvalue weighted by molar-refractivity contribution is 6.01. The summed E-state index contributed by atoms with van der Waals surface area (Å²) in [6.07, 6.45) is 2.83. The van der Waals surface area contributed by atoms with E-state index in [2.05, 4.69) is 4.98 Å². The molecule has 0 saturated carbocycles. The molecule has 1 aromatic heterocycles. The Hall–Kier alpha value is -2.70. The highest BCUT2D eigenvalue weighted by atomic mass is 19.1. The third kappa shape index (κ3) is 2.81. The Morgan fingerprint density at radius 2 is 2.04 bits per heavy atom. The Morgan fingerprint density at radius 3 is 2.83 bits per heavy atom. The first kappa shape index (κ1) is 15.2. The maximum absolute atomic E-state index is 14.1. The zero-order valence-corrected chi connectivity index (χ0v) is 12.4. The molecule has 7 heteroatoms. The van der Waals surface area contributed by atoms with Gasteiger partial charge in [0.15, 0.2) is 0 Å². The molecule has 1 unspecified atom stereocenters. The molecule has 0 radical (unpaired) electrons. The molecule has 3 rings (SSSR count). The number of amidine groups is 1. The van der Waals surface area contributed by atoms with Gasteiger partial charge in [-0.25, -0.2) is 13.8 Å². The number of aromatic nitrogens is 1. The number of nitrogens with one attached hydrogen (secondary N) is 1. The number of rotatable bonds is 2. The van der Waals surface area contributed by atoms with Gasteiger partial charge in [-0.2, -0.15) is 0 Å². The van der Waals surface area contributed by atoms with Crippen molar-refractivity contribution < 1.29 is 8.78 Å². The molecule has 0 aliphatic carbocycles. The molecule has 1 aliphatic rings. The van der Waals surface area contributed by atoms with Crippen molar-refractivity contribution in [3.05, 3.63) is 53.2 Å². The van der Waals surface area contributed by atoms with E-state index in [4.69, 9.17) is 16.9 Å². The molecule has 1 aromatic carbocycles. The van der Waals surface area contributed by atoms with Gasteiger partial charge in [0, 0.05) is 12.1 Å². The van der Waals surface area contributed by atoms with Gasteiger partial charge < -0.3 is 16.4 Å². The number of likely N-dealkylation sites (tertiary alicyclic amines) is 1. The van der Waals surface area contributed by atoms with Gasteiger partial charge in [0.25, 0.3) is 0 Å². The van der Waals surface area contributed by atoms with Gasteiger partial charge in [-0.05, 0) is 37.1 Å². The van der Waals surface area contributed by atoms with Crippen LogP contribution in [0, 0.1) is 17.0 Å². The molecule has 5 N–H and O–H groups in total. The van der Waals surface area contributed by atoms with E-state index in [9.17, 15) is 8.78 Å². The summed E-state index contributed by atoms with van der Waals surface area (Å²) in [6.45, 7) is 0.563. The molecule has 1 atom stereocenters. The molecule has 2 aromatic rings. The van der Waals surface area contributed by atoms with Gasteiger partial charge in [-0.15, -0.1) is 0 Å². The summed E-state index contributed by atoms with van der Waals surface area (Å²) in [6, 6.07) is 4.55. The molecular formula is C16H17F2N5. The van der Waals surface area contributed by atoms with E-state index in [1.54, 1.807) is 11.0 Å². The lowest BCUT2D eigenvalue weighted by molar-refractivity contribution is 0.384. The molecule has 2 heterocycles. The summed E-state index contributed by atoms with van der Waals surface area (Å²) in [4.78, 5) is 5.66. The van der Waals surface area contributed by atoms with Crippen LogP contribution in [0.1, 0.15) is 30.0 Å². The summed E-state index contributed by atoms with van der Waals surface area (Å²) in [5, 5.41) is 8.40. The summed E-state index contributed by atoms with van der Waals surface area (Å²) in [7, 11) is 0. The minimum atomic E-state index is -0.495. The number of nitrogen functional groups attached to an aromatic ring is 2. The van der Waals surface area contributed by atoms with Crippen LogP contribution >= 0.6 is 0 Å². The number of halogens is 2. The van der Waals surface area contributed by atoms with Crippen molar-refractivity contribution in [3.8, 4) is 0 Å². The Kier molecular flexibility index (Phi) is 3.85. The van der Waals surface area contributed by atoms with Crippen molar-refractivity contribution in [2.45, 2.75) is 18.9 Å². The third-order valence-corrected chi connectivity index (χ3v) is 4.05. The van der Waals surface area contributed by atoms with Crippen LogP contribution in [0.3, 0.4) is 0 Å². The Bertz CT molecular complexity index is 762. The first-order valence-electron chi connectivity index (χ1n) is 7.29. The Balaban J connectivity index is 1.97. The second kappa shape index (κ2) is 5.83. The smallest absolute Gasteiger partial charge is 0.134 e. The fourth-order valence-corrected chi connectivity index (χ4v) is 2.96. The van der Waals surface area contributed by atoms with Crippen LogP contribution in [0.5, 0.6) is 0 Å². The van der Waals surface area contributed by atoms with E-state index in [1.807, 2.05) is 0 Å². The molecule has 1 fully saturated rings. The number of benzene rings is 1. The van der Waals surface area contributed by atoms with E-state index in [-0.39, 0.29) is 17.2 Å². The molecule has 5 nitrogen and oxygen atoms in total. The largest absolute Gasteiger partial charge is 0.397 e. The lowest BCUT2D eigenvalue weighted by atomic mass is 10.0. The maximum Gasteiger partial charge on any atom is 0.134 e. The van der Waals surface area contributed by atoms with E-state index in [1.165, 1.54) is 12.3 Å². The number of anilines is 2. The topological polar surface area (TPSA) is 92.0 Å². The number of hydrogen-bond acceptors (Lipinski definition) is 4. The van der Waals surface area contributed by atoms with Crippen LogP contribution in [0.2, 0.25) is 0 Å². The lowest BCUT2D eigenvalue weighted by Gasteiger charge is -2.28. The molecule has 0 spiro atoms. The third-order valence-electron chi connectivity index (χ3n) is 4.05. The maximum atomic E-state index is 14.1. The van der Waals surface area contributed by atoms with Crippen LogP contribution in [0.4, 0.5) is 20.3 Å². The Labute approximate surface area is 132 Å². The highest BCUT2D eigenvalue weighted by Crippen LogP contribution is 2.35. The second-order valence-corrected chi connectivity index (χ2v) is 5.57. The van der Waals surface area contributed by atoms with Gasteiger partial charge >= 0.3 is 0 Å². The van der Waals surface area contributed by atoms with Gasteiger partial charge in [0.2, 0.25) is 0 Å². The van der Waals surface area contributed by atoms with Crippen molar-refractivity contribution >= 4 is 17.3 Å². The molecule has 23 heavy (non-hydrogen) atoms. The fourth-order valence-electron chi connectivity index (χ4n) is 2.96. The van der Waals surface area contributed by atoms with E-state index < -0.39 is 17.7 Å². The van der Waals surface area contributed by atoms with Crippen molar-refractivity contribution in [1.82, 2.24) is 9.88 Å². The average molecular weight is 317 g/mol. The van der Waals surface area contributed by atoms with E-state index in [0.29, 0.717) is 24.2 Å². The number of nitrogens with two attached hydrogens (primary N) is 2. The minimum absolute atomic E-state index is 0.119. The van der Waals surface area contributed by atoms with Crippen molar-refractivity contribution in [2.24, 2.45) is 0 Å². The minimum Gasteiger partial charge on any atom is -0.397 e. The van der Waals surface area contributed by atoms with Crippen molar-refractivity contribution in [2.75, 3.05) is 18.0 Å². The molecule has 1 saturated heterocycles. The summed E-state index contributed by atoms with van der Waals surface area (Å²) >= 11 is 0. The van der Waals surface area contributed by atoms with Crippen LogP contribution in [0.25, 0.3) is 0 Å². The second-order valence-electron chi connectivity index (χ2n) is 5.57. The Morgan fingerprint density at radius 1 is 1.26 bits per heavy atom. The number of hydrogen-bond donors (Lipinski definition) is 3. The first-order valence-corrected chi connectivity index (χ1v) is 7.29. The predicted molar refractivity (Wildman–Crippen MR) is 84.9 cm³/mol. The van der Waals surface area contributed by atoms with Gasteiger partial charge in [-0.3, -0.25) is 5.41 Å². The van der Waals surface area contributed by atoms with Gasteiger partial charge in [0.05, 0.1) is 23.5 Å². The lowest BCUT2D eigenvalue weighted by Crippen LogP contribution is -2.32. The average Bonchev–Trinajstić information content (AvgIpc) is 3.00. The fraction of sp³-hybridized carbons (Fsp3) is 0.250. The number of pyridine rings is 1. The van der Waals surface area contributed by atoms with Crippen LogP contribution in [-0.2, 0) is 0 Å². The van der Waals surface area contributed by atoms with Crippen molar-refractivity contribution in [1.29, 1.82) is 5.41 Å². The standard InChI is InChI=1S/C16H17F2N5/c17-9-3-4-13(18)11(6-9)14-2-1-5-23(14)16(21)12-7-10(19)8-22-15(12)20/h3-4,6-8,14,21H,1-2,5,19H2,(H2,20,22). The molecule has 120 valence electrons. The SMILES string of the molecule is N=C(c1cc(N)cnc1N)N1CCCC1c1cc(F)ccc1F. The quantitative estimate of drug-likeness (QED) is 0.586. The summed E-state index contributed by atoms with van der Waals surface area (Å²) in [5.74, 6) is -0.664. The molecule has 1 aliphatic heterocycles. The first-order chi connectivity index (χ1) is 11.0. The van der Waals surface area contributed by atoms with Crippen molar-refractivity contribution in [3.63, 3.8) is 0 Å². The van der Waals surface area contributed by atoms with Crippen LogP contribution in [0.15, 0.2) is 30.5 Å². The van der Waals surface area contributed by atoms with E-state index in [0.717, 1.165) is 18.6 Å². The monoisotopic (exact) mass is 317 g/mol. The summed E-state index contributed by atoms with van der Waals surface area (Å²) in [5.41, 5.74) is 12.6. The molecular weight excluding hydrogens is 300 g/mol. The zero-order chi connectivity index (χ0) is 16.6. The normalized spacial score (nSPS) is 17.5. The van der Waals surface area contributed by atoms with Gasteiger partial charge in [0.1, 0.15) is 23.3 Å².